The van der Waals surface area contributed by atoms with Crippen LogP contribution in [-0.2, 0) is 10.0 Å². The molecule has 0 radical (unpaired) electrons. The summed E-state index contributed by atoms with van der Waals surface area (Å²) in [6.45, 7) is 5.32. The van der Waals surface area contributed by atoms with Crippen molar-refractivity contribution in [3.63, 3.8) is 0 Å². The van der Waals surface area contributed by atoms with Gasteiger partial charge in [-0.3, -0.25) is 0 Å². The molecule has 0 saturated carbocycles. The van der Waals surface area contributed by atoms with Crippen LogP contribution in [0.15, 0.2) is 0 Å². The molecule has 1 aliphatic heterocycles. The average Bonchev–Trinajstić information content (AvgIpc) is 2.09. The lowest BCUT2D eigenvalue weighted by Gasteiger charge is -2.33. The van der Waals surface area contributed by atoms with Crippen molar-refractivity contribution < 1.29 is 8.42 Å². The average molecular weight is 216 g/mol. The highest BCUT2D eigenvalue weighted by Gasteiger charge is 2.30. The summed E-state index contributed by atoms with van der Waals surface area (Å²) in [6.07, 6.45) is 0.895. The Morgan fingerprint density at radius 2 is 2.07 bits per heavy atom. The van der Waals surface area contributed by atoms with Crippen LogP contribution in [0.1, 0.15) is 20.3 Å². The Morgan fingerprint density at radius 1 is 1.43 bits per heavy atom. The fourth-order valence-corrected chi connectivity index (χ4v) is 2.84. The SMILES string of the molecule is CC1CCN(S(=O)(=O)CC#N)CC1C. The summed E-state index contributed by atoms with van der Waals surface area (Å²) in [5.74, 6) is 0.564. The minimum Gasteiger partial charge on any atom is -0.211 e. The summed E-state index contributed by atoms with van der Waals surface area (Å²) in [6, 6.07) is 1.70. The first-order valence-corrected chi connectivity index (χ1v) is 6.43. The molecule has 5 heteroatoms. The Hall–Kier alpha value is -0.600. The van der Waals surface area contributed by atoms with Crippen LogP contribution in [0.5, 0.6) is 0 Å². The van der Waals surface area contributed by atoms with E-state index in [1.165, 1.54) is 4.31 Å². The third kappa shape index (κ3) is 2.46. The van der Waals surface area contributed by atoms with Crippen LogP contribution in [0, 0.1) is 23.2 Å². The zero-order chi connectivity index (χ0) is 10.8. The van der Waals surface area contributed by atoms with Crippen molar-refractivity contribution in [3.05, 3.63) is 0 Å². The lowest BCUT2D eigenvalue weighted by Crippen LogP contribution is -2.42. The maximum atomic E-state index is 11.5. The molecular weight excluding hydrogens is 200 g/mol. The van der Waals surface area contributed by atoms with E-state index in [1.54, 1.807) is 6.07 Å². The van der Waals surface area contributed by atoms with Crippen LogP contribution in [-0.4, -0.2) is 31.6 Å². The molecule has 0 amide bonds. The van der Waals surface area contributed by atoms with Crippen LogP contribution in [0.2, 0.25) is 0 Å². The standard InChI is InChI=1S/C9H16N2O2S/c1-8-3-5-11(7-9(8)2)14(12,13)6-4-10/h8-9H,3,5-7H2,1-2H3. The predicted molar refractivity (Wildman–Crippen MR) is 53.9 cm³/mol. The van der Waals surface area contributed by atoms with Crippen molar-refractivity contribution in [3.8, 4) is 6.07 Å². The lowest BCUT2D eigenvalue weighted by atomic mass is 9.90. The minimum atomic E-state index is -3.32. The Morgan fingerprint density at radius 3 is 2.57 bits per heavy atom. The number of nitrogens with zero attached hydrogens (tertiary/aromatic N) is 2. The van der Waals surface area contributed by atoms with E-state index in [1.807, 2.05) is 0 Å². The minimum absolute atomic E-state index is 0.386. The van der Waals surface area contributed by atoms with Crippen LogP contribution < -0.4 is 0 Å². The molecule has 2 unspecified atom stereocenters. The summed E-state index contributed by atoms with van der Waals surface area (Å²) in [4.78, 5) is 0. The number of piperidine rings is 1. The summed E-state index contributed by atoms with van der Waals surface area (Å²) < 4.78 is 24.5. The monoisotopic (exact) mass is 216 g/mol. The van der Waals surface area contributed by atoms with Gasteiger partial charge in [-0.25, -0.2) is 12.7 Å². The first-order chi connectivity index (χ1) is 6.47. The molecule has 14 heavy (non-hydrogen) atoms. The molecule has 4 nitrogen and oxygen atoms in total. The largest absolute Gasteiger partial charge is 0.227 e. The quantitative estimate of drug-likeness (QED) is 0.686. The molecule has 0 aliphatic carbocycles. The van der Waals surface area contributed by atoms with E-state index in [4.69, 9.17) is 5.26 Å². The fraction of sp³-hybridized carbons (Fsp3) is 0.889. The highest BCUT2D eigenvalue weighted by Crippen LogP contribution is 2.24. The van der Waals surface area contributed by atoms with Crippen molar-refractivity contribution in [1.82, 2.24) is 4.31 Å². The molecule has 1 heterocycles. The van der Waals surface area contributed by atoms with Gasteiger partial charge in [0.05, 0.1) is 6.07 Å². The maximum absolute atomic E-state index is 11.5. The predicted octanol–water partition coefficient (Wildman–Crippen LogP) is 0.818. The second-order valence-corrected chi connectivity index (χ2v) is 5.98. The van der Waals surface area contributed by atoms with Gasteiger partial charge in [-0.2, -0.15) is 5.26 Å². The first kappa shape index (κ1) is 11.5. The number of rotatable bonds is 2. The van der Waals surface area contributed by atoms with Gasteiger partial charge in [0.15, 0.2) is 5.75 Å². The van der Waals surface area contributed by atoms with Crippen LogP contribution in [0.3, 0.4) is 0 Å². The van der Waals surface area contributed by atoms with Crippen molar-refractivity contribution >= 4 is 10.0 Å². The van der Waals surface area contributed by atoms with Gasteiger partial charge in [0.2, 0.25) is 10.0 Å². The molecule has 1 rings (SSSR count). The van der Waals surface area contributed by atoms with Crippen LogP contribution >= 0.6 is 0 Å². The number of hydrogen-bond acceptors (Lipinski definition) is 3. The van der Waals surface area contributed by atoms with Crippen LogP contribution in [0.4, 0.5) is 0 Å². The van der Waals surface area contributed by atoms with Gasteiger partial charge < -0.3 is 0 Å². The summed E-state index contributed by atoms with van der Waals surface area (Å²) in [5, 5.41) is 8.39. The van der Waals surface area contributed by atoms with Crippen molar-refractivity contribution in [1.29, 1.82) is 5.26 Å². The molecule has 1 fully saturated rings. The molecule has 1 saturated heterocycles. The molecule has 0 bridgehead atoms. The second kappa shape index (κ2) is 4.28. The van der Waals surface area contributed by atoms with E-state index >= 15 is 0 Å². The molecule has 1 aliphatic rings. The zero-order valence-electron chi connectivity index (χ0n) is 8.60. The van der Waals surface area contributed by atoms with E-state index in [-0.39, 0.29) is 0 Å². The van der Waals surface area contributed by atoms with E-state index in [0.29, 0.717) is 24.9 Å². The molecule has 0 spiro atoms. The molecule has 0 N–H and O–H groups in total. The van der Waals surface area contributed by atoms with Gasteiger partial charge >= 0.3 is 0 Å². The van der Waals surface area contributed by atoms with Gasteiger partial charge in [-0.15, -0.1) is 0 Å². The van der Waals surface area contributed by atoms with Crippen molar-refractivity contribution in [2.75, 3.05) is 18.8 Å². The van der Waals surface area contributed by atoms with Gasteiger partial charge in [0.25, 0.3) is 0 Å². The molecular formula is C9H16N2O2S. The van der Waals surface area contributed by atoms with Gasteiger partial charge in [-0.05, 0) is 18.3 Å². The fourth-order valence-electron chi connectivity index (χ4n) is 1.65. The van der Waals surface area contributed by atoms with E-state index < -0.39 is 15.8 Å². The maximum Gasteiger partial charge on any atom is 0.227 e. The van der Waals surface area contributed by atoms with Gasteiger partial charge in [-0.1, -0.05) is 13.8 Å². The Kier molecular flexibility index (Phi) is 3.51. The lowest BCUT2D eigenvalue weighted by molar-refractivity contribution is 0.213. The summed E-state index contributed by atoms with van der Waals surface area (Å²) >= 11 is 0. The van der Waals surface area contributed by atoms with Gasteiger partial charge in [0, 0.05) is 13.1 Å². The molecule has 0 aromatic carbocycles. The molecule has 2 atom stereocenters. The second-order valence-electron chi connectivity index (χ2n) is 4.02. The van der Waals surface area contributed by atoms with E-state index in [0.717, 1.165) is 6.42 Å². The highest BCUT2D eigenvalue weighted by atomic mass is 32.2. The van der Waals surface area contributed by atoms with Crippen molar-refractivity contribution in [2.45, 2.75) is 20.3 Å². The third-order valence-electron chi connectivity index (χ3n) is 2.94. The Labute approximate surface area is 85.6 Å². The van der Waals surface area contributed by atoms with Crippen LogP contribution in [0.25, 0.3) is 0 Å². The van der Waals surface area contributed by atoms with Gasteiger partial charge in [0.1, 0.15) is 0 Å². The Bertz CT molecular complexity index is 331. The number of hydrogen-bond donors (Lipinski definition) is 0. The number of nitriles is 1. The summed E-state index contributed by atoms with van der Waals surface area (Å²) in [7, 11) is -3.32. The van der Waals surface area contributed by atoms with E-state index in [9.17, 15) is 8.42 Å². The smallest absolute Gasteiger partial charge is 0.211 e. The third-order valence-corrected chi connectivity index (χ3v) is 4.55. The van der Waals surface area contributed by atoms with E-state index in [2.05, 4.69) is 13.8 Å². The normalized spacial score (nSPS) is 29.8. The topological polar surface area (TPSA) is 61.2 Å². The Balaban J connectivity index is 2.69. The van der Waals surface area contributed by atoms with Crippen molar-refractivity contribution in [2.24, 2.45) is 11.8 Å². The molecule has 80 valence electrons. The number of sulfonamides is 1. The highest BCUT2D eigenvalue weighted by molar-refractivity contribution is 7.89. The summed E-state index contributed by atoms with van der Waals surface area (Å²) in [5.41, 5.74) is 0. The zero-order valence-corrected chi connectivity index (χ0v) is 9.42. The first-order valence-electron chi connectivity index (χ1n) is 4.82. The molecule has 0 aromatic rings. The molecule has 0 aromatic heterocycles.